The molecule has 0 spiro atoms. The van der Waals surface area contributed by atoms with Gasteiger partial charge in [-0.05, 0) is 35.2 Å². The maximum absolute atomic E-state index is 5.75. The average Bonchev–Trinajstić information content (AvgIpc) is 2.48. The van der Waals surface area contributed by atoms with E-state index in [0.717, 1.165) is 13.0 Å². The van der Waals surface area contributed by atoms with E-state index in [4.69, 9.17) is 4.74 Å². The molecule has 0 radical (unpaired) electrons. The number of fused-ring (bicyclic) bond motifs is 1. The second-order valence-corrected chi connectivity index (χ2v) is 5.95. The highest BCUT2D eigenvalue weighted by Gasteiger charge is 2.24. The minimum atomic E-state index is 0.226. The zero-order valence-electron chi connectivity index (χ0n) is 13.6. The summed E-state index contributed by atoms with van der Waals surface area (Å²) in [5.41, 5.74) is 1.39. The van der Waals surface area contributed by atoms with Crippen molar-refractivity contribution < 1.29 is 4.74 Å². The van der Waals surface area contributed by atoms with Gasteiger partial charge in [0.25, 0.3) is 0 Å². The first-order valence-corrected chi connectivity index (χ1v) is 7.90. The third kappa shape index (κ3) is 3.84. The summed E-state index contributed by atoms with van der Waals surface area (Å²) in [7, 11) is 1.82. The molecule has 2 nitrogen and oxygen atoms in total. The van der Waals surface area contributed by atoms with Crippen LogP contribution < -0.4 is 5.32 Å². The summed E-state index contributed by atoms with van der Waals surface area (Å²) in [6.45, 7) is 7.56. The van der Waals surface area contributed by atoms with Gasteiger partial charge in [0.05, 0.1) is 6.10 Å². The standard InChI is InChI=1S/C19H27NO/c1-5-20-18(19(21-4)14(2)3)13-16-11-8-10-15-9-6-7-12-17(15)16/h6-12,14,18-20H,5,13H2,1-4H3. The molecule has 21 heavy (non-hydrogen) atoms. The van der Waals surface area contributed by atoms with Crippen molar-refractivity contribution in [3.05, 3.63) is 48.0 Å². The van der Waals surface area contributed by atoms with E-state index in [0.29, 0.717) is 12.0 Å². The van der Waals surface area contributed by atoms with E-state index in [1.807, 2.05) is 7.11 Å². The van der Waals surface area contributed by atoms with Crippen molar-refractivity contribution in [1.82, 2.24) is 5.32 Å². The SMILES string of the molecule is CCNC(Cc1cccc2ccccc12)C(OC)C(C)C. The Labute approximate surface area is 128 Å². The highest BCUT2D eigenvalue weighted by molar-refractivity contribution is 5.85. The molecule has 2 atom stereocenters. The fraction of sp³-hybridized carbons (Fsp3) is 0.474. The third-order valence-electron chi connectivity index (χ3n) is 4.11. The Balaban J connectivity index is 2.30. The average molecular weight is 285 g/mol. The Kier molecular flexibility index (Phi) is 5.77. The van der Waals surface area contributed by atoms with E-state index >= 15 is 0 Å². The van der Waals surface area contributed by atoms with Crippen molar-refractivity contribution in [3.8, 4) is 0 Å². The van der Waals surface area contributed by atoms with Gasteiger partial charge in [-0.1, -0.05) is 63.2 Å². The van der Waals surface area contributed by atoms with Crippen LogP contribution in [0.5, 0.6) is 0 Å². The van der Waals surface area contributed by atoms with Gasteiger partial charge in [0, 0.05) is 13.2 Å². The fourth-order valence-electron chi connectivity index (χ4n) is 3.18. The summed E-state index contributed by atoms with van der Waals surface area (Å²) in [6.07, 6.45) is 1.22. The van der Waals surface area contributed by atoms with E-state index in [1.54, 1.807) is 0 Å². The first-order chi connectivity index (χ1) is 10.2. The molecular weight excluding hydrogens is 258 g/mol. The minimum absolute atomic E-state index is 0.226. The summed E-state index contributed by atoms with van der Waals surface area (Å²) in [5, 5.41) is 6.26. The molecule has 0 bridgehead atoms. The lowest BCUT2D eigenvalue weighted by molar-refractivity contribution is 0.0338. The lowest BCUT2D eigenvalue weighted by Gasteiger charge is -2.30. The maximum atomic E-state index is 5.75. The molecule has 2 heteroatoms. The zero-order valence-corrected chi connectivity index (χ0v) is 13.6. The molecule has 2 unspecified atom stereocenters. The number of hydrogen-bond acceptors (Lipinski definition) is 2. The van der Waals surface area contributed by atoms with E-state index < -0.39 is 0 Å². The van der Waals surface area contributed by atoms with E-state index in [1.165, 1.54) is 16.3 Å². The second-order valence-electron chi connectivity index (χ2n) is 5.95. The summed E-state index contributed by atoms with van der Waals surface area (Å²) in [5.74, 6) is 0.494. The first kappa shape index (κ1) is 16.0. The number of nitrogens with one attached hydrogen (secondary N) is 1. The third-order valence-corrected chi connectivity index (χ3v) is 4.11. The Morgan fingerprint density at radius 2 is 1.76 bits per heavy atom. The number of benzene rings is 2. The summed E-state index contributed by atoms with van der Waals surface area (Å²) in [4.78, 5) is 0. The molecule has 0 aliphatic rings. The molecule has 0 aliphatic carbocycles. The number of likely N-dealkylation sites (N-methyl/N-ethyl adjacent to an activating group) is 1. The molecule has 1 N–H and O–H groups in total. The maximum Gasteiger partial charge on any atom is 0.0750 e. The first-order valence-electron chi connectivity index (χ1n) is 7.90. The van der Waals surface area contributed by atoms with Crippen molar-refractivity contribution in [3.63, 3.8) is 0 Å². The number of methoxy groups -OCH3 is 1. The van der Waals surface area contributed by atoms with E-state index in [9.17, 15) is 0 Å². The van der Waals surface area contributed by atoms with Gasteiger partial charge in [0.1, 0.15) is 0 Å². The smallest absolute Gasteiger partial charge is 0.0750 e. The summed E-state index contributed by atoms with van der Waals surface area (Å²) in [6, 6.07) is 15.5. The Morgan fingerprint density at radius 1 is 1.05 bits per heavy atom. The molecule has 2 aromatic rings. The number of ether oxygens (including phenoxy) is 1. The van der Waals surface area contributed by atoms with Gasteiger partial charge in [0.15, 0.2) is 0 Å². The largest absolute Gasteiger partial charge is 0.380 e. The quantitative estimate of drug-likeness (QED) is 0.829. The molecule has 0 aliphatic heterocycles. The normalized spacial score (nSPS) is 14.5. The molecule has 0 saturated carbocycles. The summed E-state index contributed by atoms with van der Waals surface area (Å²) < 4.78 is 5.75. The zero-order chi connectivity index (χ0) is 15.2. The molecule has 0 heterocycles. The Morgan fingerprint density at radius 3 is 2.43 bits per heavy atom. The van der Waals surface area contributed by atoms with Gasteiger partial charge in [0.2, 0.25) is 0 Å². The minimum Gasteiger partial charge on any atom is -0.380 e. The molecular formula is C19H27NO. The molecule has 114 valence electrons. The van der Waals surface area contributed by atoms with Crippen LogP contribution in [0.15, 0.2) is 42.5 Å². The number of hydrogen-bond donors (Lipinski definition) is 1. The summed E-state index contributed by atoms with van der Waals surface area (Å²) >= 11 is 0. The molecule has 2 aromatic carbocycles. The molecule has 0 amide bonds. The van der Waals surface area contributed by atoms with Crippen LogP contribution in [-0.2, 0) is 11.2 Å². The highest BCUT2D eigenvalue weighted by Crippen LogP contribution is 2.22. The van der Waals surface area contributed by atoms with Crippen LogP contribution in [0, 0.1) is 5.92 Å². The monoisotopic (exact) mass is 285 g/mol. The van der Waals surface area contributed by atoms with Crippen LogP contribution >= 0.6 is 0 Å². The van der Waals surface area contributed by atoms with Crippen LogP contribution in [0.3, 0.4) is 0 Å². The van der Waals surface area contributed by atoms with Gasteiger partial charge in [-0.2, -0.15) is 0 Å². The Bertz CT molecular complexity index is 559. The fourth-order valence-corrected chi connectivity index (χ4v) is 3.18. The predicted octanol–water partition coefficient (Wildman–Crippen LogP) is 4.03. The lowest BCUT2D eigenvalue weighted by Crippen LogP contribution is -2.45. The van der Waals surface area contributed by atoms with Gasteiger partial charge in [-0.25, -0.2) is 0 Å². The van der Waals surface area contributed by atoms with Crippen molar-refractivity contribution in [1.29, 1.82) is 0 Å². The second kappa shape index (κ2) is 7.58. The molecule has 2 rings (SSSR count). The Hall–Kier alpha value is -1.38. The van der Waals surface area contributed by atoms with Gasteiger partial charge < -0.3 is 10.1 Å². The predicted molar refractivity (Wildman–Crippen MR) is 90.8 cm³/mol. The van der Waals surface area contributed by atoms with Crippen LogP contribution in [0.4, 0.5) is 0 Å². The van der Waals surface area contributed by atoms with Crippen molar-refractivity contribution in [2.24, 2.45) is 5.92 Å². The number of rotatable bonds is 7. The van der Waals surface area contributed by atoms with Crippen LogP contribution in [0.2, 0.25) is 0 Å². The van der Waals surface area contributed by atoms with Crippen molar-refractivity contribution in [2.45, 2.75) is 39.3 Å². The van der Waals surface area contributed by atoms with Crippen molar-refractivity contribution >= 4 is 10.8 Å². The van der Waals surface area contributed by atoms with Crippen LogP contribution in [0.25, 0.3) is 10.8 Å². The molecule has 0 aromatic heterocycles. The van der Waals surface area contributed by atoms with E-state index in [-0.39, 0.29) is 6.10 Å². The molecule has 0 fully saturated rings. The lowest BCUT2D eigenvalue weighted by atomic mass is 9.91. The van der Waals surface area contributed by atoms with Gasteiger partial charge in [-0.3, -0.25) is 0 Å². The van der Waals surface area contributed by atoms with Crippen molar-refractivity contribution in [2.75, 3.05) is 13.7 Å². The highest BCUT2D eigenvalue weighted by atomic mass is 16.5. The van der Waals surface area contributed by atoms with E-state index in [2.05, 4.69) is 68.6 Å². The van der Waals surface area contributed by atoms with Crippen LogP contribution in [-0.4, -0.2) is 25.8 Å². The topological polar surface area (TPSA) is 21.3 Å². The molecule has 0 saturated heterocycles. The van der Waals surface area contributed by atoms with Crippen LogP contribution in [0.1, 0.15) is 26.3 Å². The van der Waals surface area contributed by atoms with Gasteiger partial charge >= 0.3 is 0 Å². The van der Waals surface area contributed by atoms with Gasteiger partial charge in [-0.15, -0.1) is 0 Å².